The van der Waals surface area contributed by atoms with E-state index in [2.05, 4.69) is 51.6 Å². The summed E-state index contributed by atoms with van der Waals surface area (Å²) in [6.07, 6.45) is 0. The zero-order valence-corrected chi connectivity index (χ0v) is 12.7. The van der Waals surface area contributed by atoms with E-state index in [0.29, 0.717) is 0 Å². The zero-order valence-electron chi connectivity index (χ0n) is 8.69. The first kappa shape index (κ1) is 11.7. The van der Waals surface area contributed by atoms with Crippen LogP contribution in [0, 0.1) is 0 Å². The topological polar surface area (TPSA) is 0 Å². The molecule has 0 saturated carbocycles. The molecule has 17 heavy (non-hydrogen) atoms. The van der Waals surface area contributed by atoms with Gasteiger partial charge < -0.3 is 0 Å². The van der Waals surface area contributed by atoms with Crippen molar-refractivity contribution in [2.75, 3.05) is 0 Å². The molecule has 0 nitrogen and oxygen atoms in total. The normalized spacial score (nSPS) is 13.1. The number of halogens is 2. The van der Waals surface area contributed by atoms with Crippen LogP contribution in [0.25, 0.3) is 10.1 Å². The number of thiophene rings is 2. The van der Waals surface area contributed by atoms with Gasteiger partial charge in [-0.1, -0.05) is 45.7 Å². The highest BCUT2D eigenvalue weighted by Crippen LogP contribution is 2.41. The lowest BCUT2D eigenvalue weighted by atomic mass is 10.1. The predicted molar refractivity (Wildman–Crippen MR) is 81.9 cm³/mol. The molecule has 2 heterocycles. The van der Waals surface area contributed by atoms with E-state index >= 15 is 0 Å². The van der Waals surface area contributed by atoms with Crippen molar-refractivity contribution in [1.29, 1.82) is 0 Å². The third-order valence-corrected chi connectivity index (χ3v) is 6.20. The maximum absolute atomic E-state index is 5.98. The third-order valence-electron chi connectivity index (χ3n) is 2.63. The van der Waals surface area contributed by atoms with E-state index in [-0.39, 0.29) is 4.83 Å². The Morgan fingerprint density at radius 1 is 1.12 bits per heavy atom. The van der Waals surface area contributed by atoms with Crippen LogP contribution in [0.3, 0.4) is 0 Å². The van der Waals surface area contributed by atoms with Crippen molar-refractivity contribution in [3.8, 4) is 0 Å². The van der Waals surface area contributed by atoms with Crippen LogP contribution in [-0.4, -0.2) is 0 Å². The van der Waals surface area contributed by atoms with Crippen LogP contribution < -0.4 is 0 Å². The molecule has 0 aliphatic carbocycles. The molecule has 1 aromatic carbocycles. The van der Waals surface area contributed by atoms with Crippen LogP contribution >= 0.6 is 50.2 Å². The van der Waals surface area contributed by atoms with E-state index in [4.69, 9.17) is 11.6 Å². The van der Waals surface area contributed by atoms with E-state index in [1.165, 1.54) is 20.5 Å². The molecule has 0 amide bonds. The quantitative estimate of drug-likeness (QED) is 0.493. The van der Waals surface area contributed by atoms with Gasteiger partial charge in [-0.05, 0) is 34.5 Å². The van der Waals surface area contributed by atoms with Gasteiger partial charge in [0.2, 0.25) is 0 Å². The van der Waals surface area contributed by atoms with Crippen molar-refractivity contribution in [3.05, 3.63) is 56.6 Å². The molecule has 3 aromatic rings. The fourth-order valence-corrected chi connectivity index (χ4v) is 4.84. The Balaban J connectivity index is 2.09. The standard InChI is InChI=1S/C13H8BrClS2/c14-13(11-5-6-12(15)17-11)9-7-16-10-4-2-1-3-8(9)10/h1-7,13H. The molecule has 0 aliphatic heterocycles. The van der Waals surface area contributed by atoms with Gasteiger partial charge in [0.1, 0.15) is 0 Å². The highest BCUT2D eigenvalue weighted by molar-refractivity contribution is 9.09. The molecule has 1 unspecified atom stereocenters. The average Bonchev–Trinajstić information content (AvgIpc) is 2.94. The van der Waals surface area contributed by atoms with Gasteiger partial charge in [-0.3, -0.25) is 0 Å². The molecular formula is C13H8BrClS2. The van der Waals surface area contributed by atoms with Gasteiger partial charge in [0.15, 0.2) is 0 Å². The summed E-state index contributed by atoms with van der Waals surface area (Å²) in [6, 6.07) is 12.5. The molecule has 0 fully saturated rings. The first-order valence-corrected chi connectivity index (χ1v) is 8.10. The SMILES string of the molecule is Clc1ccc(C(Br)c2csc3ccccc23)s1. The van der Waals surface area contributed by atoms with Crippen molar-refractivity contribution < 1.29 is 0 Å². The van der Waals surface area contributed by atoms with Gasteiger partial charge >= 0.3 is 0 Å². The summed E-state index contributed by atoms with van der Waals surface area (Å²) in [4.78, 5) is 1.48. The monoisotopic (exact) mass is 342 g/mol. The molecule has 0 bridgehead atoms. The molecule has 3 rings (SSSR count). The van der Waals surface area contributed by atoms with Gasteiger partial charge in [-0.25, -0.2) is 0 Å². The zero-order chi connectivity index (χ0) is 11.8. The maximum Gasteiger partial charge on any atom is 0.0931 e. The number of fused-ring (bicyclic) bond motifs is 1. The van der Waals surface area contributed by atoms with Gasteiger partial charge in [0.25, 0.3) is 0 Å². The van der Waals surface area contributed by atoms with Crippen molar-refractivity contribution in [2.45, 2.75) is 4.83 Å². The Bertz CT molecular complexity index is 656. The summed E-state index contributed by atoms with van der Waals surface area (Å²) in [5, 5.41) is 3.54. The van der Waals surface area contributed by atoms with Gasteiger partial charge in [0, 0.05) is 9.58 Å². The highest BCUT2D eigenvalue weighted by atomic mass is 79.9. The first-order chi connectivity index (χ1) is 8.25. The van der Waals surface area contributed by atoms with Crippen LogP contribution in [0.15, 0.2) is 41.8 Å². The summed E-state index contributed by atoms with van der Waals surface area (Å²) in [5.74, 6) is 0. The summed E-state index contributed by atoms with van der Waals surface area (Å²) in [7, 11) is 0. The number of rotatable bonds is 2. The van der Waals surface area contributed by atoms with Crippen LogP contribution in [0.2, 0.25) is 4.34 Å². The summed E-state index contributed by atoms with van der Waals surface area (Å²) in [5.41, 5.74) is 1.32. The predicted octanol–water partition coefficient (Wildman–Crippen LogP) is 6.10. The lowest BCUT2D eigenvalue weighted by Crippen LogP contribution is -1.86. The molecular weight excluding hydrogens is 336 g/mol. The van der Waals surface area contributed by atoms with Crippen molar-refractivity contribution >= 4 is 60.3 Å². The largest absolute Gasteiger partial charge is 0.143 e. The Morgan fingerprint density at radius 3 is 2.71 bits per heavy atom. The molecule has 0 saturated heterocycles. The molecule has 4 heteroatoms. The second kappa shape index (κ2) is 4.73. The van der Waals surface area contributed by atoms with E-state index in [9.17, 15) is 0 Å². The Morgan fingerprint density at radius 2 is 1.94 bits per heavy atom. The minimum Gasteiger partial charge on any atom is -0.143 e. The van der Waals surface area contributed by atoms with E-state index in [1.54, 1.807) is 22.7 Å². The van der Waals surface area contributed by atoms with Crippen LogP contribution in [0.1, 0.15) is 15.3 Å². The van der Waals surface area contributed by atoms with Crippen LogP contribution in [0.5, 0.6) is 0 Å². The molecule has 2 aromatic heterocycles. The molecule has 0 N–H and O–H groups in total. The van der Waals surface area contributed by atoms with Gasteiger partial charge in [-0.15, -0.1) is 22.7 Å². The fraction of sp³-hybridized carbons (Fsp3) is 0.0769. The average molecular weight is 344 g/mol. The number of hydrogen-bond donors (Lipinski definition) is 0. The third kappa shape index (κ3) is 2.17. The van der Waals surface area contributed by atoms with E-state index < -0.39 is 0 Å². The summed E-state index contributed by atoms with van der Waals surface area (Å²) < 4.78 is 2.17. The second-order valence-corrected chi connectivity index (χ2v) is 7.27. The lowest BCUT2D eigenvalue weighted by Gasteiger charge is -2.06. The number of benzene rings is 1. The molecule has 0 aliphatic rings. The molecule has 86 valence electrons. The molecule has 1 atom stereocenters. The summed E-state index contributed by atoms with van der Waals surface area (Å²) in [6.45, 7) is 0. The van der Waals surface area contributed by atoms with Crippen LogP contribution in [0.4, 0.5) is 0 Å². The second-order valence-electron chi connectivity index (χ2n) is 3.69. The minimum atomic E-state index is 0.233. The summed E-state index contributed by atoms with van der Waals surface area (Å²) >= 11 is 13.2. The number of hydrogen-bond acceptors (Lipinski definition) is 2. The maximum atomic E-state index is 5.98. The highest BCUT2D eigenvalue weighted by Gasteiger charge is 2.16. The Labute approximate surface area is 121 Å². The molecule has 0 spiro atoms. The van der Waals surface area contributed by atoms with Crippen molar-refractivity contribution in [1.82, 2.24) is 0 Å². The van der Waals surface area contributed by atoms with Crippen molar-refractivity contribution in [3.63, 3.8) is 0 Å². The van der Waals surface area contributed by atoms with E-state index in [1.807, 2.05) is 6.07 Å². The Hall–Kier alpha value is -0.350. The van der Waals surface area contributed by atoms with E-state index in [0.717, 1.165) is 4.34 Å². The number of alkyl halides is 1. The van der Waals surface area contributed by atoms with Gasteiger partial charge in [0.05, 0.1) is 9.16 Å². The Kier molecular flexibility index (Phi) is 3.26. The smallest absolute Gasteiger partial charge is 0.0931 e. The van der Waals surface area contributed by atoms with Gasteiger partial charge in [-0.2, -0.15) is 0 Å². The minimum absolute atomic E-state index is 0.233. The first-order valence-electron chi connectivity index (χ1n) is 5.11. The van der Waals surface area contributed by atoms with Crippen LogP contribution in [-0.2, 0) is 0 Å². The molecule has 0 radical (unpaired) electrons. The van der Waals surface area contributed by atoms with Crippen molar-refractivity contribution in [2.24, 2.45) is 0 Å². The lowest BCUT2D eigenvalue weighted by molar-refractivity contribution is 1.27. The fourth-order valence-electron chi connectivity index (χ4n) is 1.81.